The molecule has 0 saturated carbocycles. The van der Waals surface area contributed by atoms with E-state index in [1.165, 1.54) is 36.4 Å². The minimum atomic E-state index is -0.641. The smallest absolute Gasteiger partial charge is 0.338 e. The lowest BCUT2D eigenvalue weighted by molar-refractivity contribution is 0.0474. The first-order chi connectivity index (χ1) is 11.1. The summed E-state index contributed by atoms with van der Waals surface area (Å²) in [6.45, 7) is 0.455. The topological polar surface area (TPSA) is 61.8 Å². The van der Waals surface area contributed by atoms with Crippen molar-refractivity contribution >= 4 is 11.8 Å². The molecule has 6 heteroatoms. The highest BCUT2D eigenvalue weighted by Gasteiger charge is 2.17. The first kappa shape index (κ1) is 15.0. The van der Waals surface area contributed by atoms with Crippen molar-refractivity contribution in [2.24, 2.45) is 0 Å². The fraction of sp³-hybridized carbons (Fsp3) is 0.176. The molecule has 1 heterocycles. The first-order valence-corrected chi connectivity index (χ1v) is 6.99. The second-order valence-electron chi connectivity index (χ2n) is 4.86. The van der Waals surface area contributed by atoms with Crippen molar-refractivity contribution in [3.63, 3.8) is 0 Å². The molecule has 0 saturated heterocycles. The minimum Gasteiger partial charge on any atom is -0.486 e. The lowest BCUT2D eigenvalue weighted by atomic mass is 10.1. The predicted octanol–water partition coefficient (Wildman–Crippen LogP) is 2.64. The van der Waals surface area contributed by atoms with Crippen LogP contribution >= 0.6 is 0 Å². The Morgan fingerprint density at radius 1 is 0.957 bits per heavy atom. The lowest BCUT2D eigenvalue weighted by Gasteiger charge is -2.18. The number of fused-ring (bicyclic) bond motifs is 1. The lowest BCUT2D eigenvalue weighted by Crippen LogP contribution is -2.17. The molecule has 0 aromatic heterocycles. The number of hydrogen-bond acceptors (Lipinski definition) is 5. The molecule has 0 amide bonds. The average Bonchev–Trinajstić information content (AvgIpc) is 2.59. The SMILES string of the molecule is O=C(COC(=O)c1ccc2c(c1)OCCO2)c1ccc(F)cc1. The molecule has 2 aromatic rings. The van der Waals surface area contributed by atoms with Crippen LogP contribution in [0.2, 0.25) is 0 Å². The van der Waals surface area contributed by atoms with Gasteiger partial charge in [0.2, 0.25) is 0 Å². The summed E-state index contributed by atoms with van der Waals surface area (Å²) in [7, 11) is 0. The number of carbonyl (C=O) groups excluding carboxylic acids is 2. The van der Waals surface area contributed by atoms with E-state index in [0.29, 0.717) is 24.7 Å². The van der Waals surface area contributed by atoms with Crippen molar-refractivity contribution in [3.05, 3.63) is 59.4 Å². The van der Waals surface area contributed by atoms with E-state index >= 15 is 0 Å². The Labute approximate surface area is 131 Å². The van der Waals surface area contributed by atoms with Crippen molar-refractivity contribution in [2.75, 3.05) is 19.8 Å². The molecule has 0 N–H and O–H groups in total. The van der Waals surface area contributed by atoms with E-state index in [1.54, 1.807) is 6.07 Å². The van der Waals surface area contributed by atoms with Gasteiger partial charge in [0.05, 0.1) is 5.56 Å². The Balaban J connectivity index is 1.63. The van der Waals surface area contributed by atoms with Gasteiger partial charge in [0.1, 0.15) is 19.0 Å². The molecule has 0 unspecified atom stereocenters. The molecule has 23 heavy (non-hydrogen) atoms. The first-order valence-electron chi connectivity index (χ1n) is 6.99. The summed E-state index contributed by atoms with van der Waals surface area (Å²) in [5, 5.41) is 0. The van der Waals surface area contributed by atoms with Crippen LogP contribution in [0, 0.1) is 5.82 Å². The van der Waals surface area contributed by atoms with Crippen molar-refractivity contribution in [1.29, 1.82) is 0 Å². The molecule has 0 aliphatic carbocycles. The highest BCUT2D eigenvalue weighted by atomic mass is 19.1. The molecule has 0 bridgehead atoms. The second kappa shape index (κ2) is 6.48. The van der Waals surface area contributed by atoms with Crippen LogP contribution in [0.25, 0.3) is 0 Å². The van der Waals surface area contributed by atoms with Crippen molar-refractivity contribution in [1.82, 2.24) is 0 Å². The summed E-state index contributed by atoms with van der Waals surface area (Å²) in [4.78, 5) is 23.9. The summed E-state index contributed by atoms with van der Waals surface area (Å²) >= 11 is 0. The maximum absolute atomic E-state index is 12.8. The predicted molar refractivity (Wildman–Crippen MR) is 78.4 cm³/mol. The van der Waals surface area contributed by atoms with Crippen molar-refractivity contribution in [3.8, 4) is 11.5 Å². The van der Waals surface area contributed by atoms with Gasteiger partial charge in [0.15, 0.2) is 23.9 Å². The van der Waals surface area contributed by atoms with Gasteiger partial charge in [-0.1, -0.05) is 0 Å². The summed E-state index contributed by atoms with van der Waals surface area (Å²) in [5.41, 5.74) is 0.544. The molecule has 118 valence electrons. The van der Waals surface area contributed by atoms with E-state index in [1.807, 2.05) is 0 Å². The molecule has 0 fully saturated rings. The van der Waals surface area contributed by atoms with Gasteiger partial charge >= 0.3 is 5.97 Å². The van der Waals surface area contributed by atoms with E-state index in [9.17, 15) is 14.0 Å². The molecular formula is C17H13FO5. The fourth-order valence-electron chi connectivity index (χ4n) is 2.10. The third-order valence-corrected chi connectivity index (χ3v) is 3.28. The molecule has 3 rings (SSSR count). The Kier molecular flexibility index (Phi) is 4.23. The number of hydrogen-bond donors (Lipinski definition) is 0. The number of ether oxygens (including phenoxy) is 3. The summed E-state index contributed by atoms with van der Waals surface area (Å²) in [6, 6.07) is 9.71. The van der Waals surface area contributed by atoms with E-state index in [2.05, 4.69) is 0 Å². The summed E-state index contributed by atoms with van der Waals surface area (Å²) < 4.78 is 28.5. The van der Waals surface area contributed by atoms with Crippen LogP contribution in [0.5, 0.6) is 11.5 Å². The Morgan fingerprint density at radius 3 is 2.35 bits per heavy atom. The third kappa shape index (κ3) is 3.48. The van der Waals surface area contributed by atoms with Crippen LogP contribution < -0.4 is 9.47 Å². The zero-order valence-corrected chi connectivity index (χ0v) is 12.1. The maximum atomic E-state index is 12.8. The van der Waals surface area contributed by atoms with Crippen LogP contribution in [0.15, 0.2) is 42.5 Å². The number of esters is 1. The van der Waals surface area contributed by atoms with E-state index in [0.717, 1.165) is 0 Å². The highest BCUT2D eigenvalue weighted by molar-refractivity contribution is 5.99. The van der Waals surface area contributed by atoms with Crippen LogP contribution in [0.1, 0.15) is 20.7 Å². The van der Waals surface area contributed by atoms with E-state index in [4.69, 9.17) is 14.2 Å². The van der Waals surface area contributed by atoms with Gasteiger partial charge in [-0.15, -0.1) is 0 Å². The molecule has 2 aromatic carbocycles. The monoisotopic (exact) mass is 316 g/mol. The van der Waals surface area contributed by atoms with Gasteiger partial charge < -0.3 is 14.2 Å². The van der Waals surface area contributed by atoms with Crippen LogP contribution in [0.3, 0.4) is 0 Å². The Hall–Kier alpha value is -2.89. The standard InChI is InChI=1S/C17H13FO5/c18-13-4-1-11(2-5-13)14(19)10-23-17(20)12-3-6-15-16(9-12)22-8-7-21-15/h1-6,9H,7-8,10H2. The van der Waals surface area contributed by atoms with Crippen molar-refractivity contribution in [2.45, 2.75) is 0 Å². The van der Waals surface area contributed by atoms with Gasteiger partial charge in [-0.2, -0.15) is 0 Å². The van der Waals surface area contributed by atoms with Crippen molar-refractivity contribution < 1.29 is 28.2 Å². The number of benzene rings is 2. The maximum Gasteiger partial charge on any atom is 0.338 e. The molecule has 0 radical (unpaired) electrons. The molecule has 0 spiro atoms. The van der Waals surface area contributed by atoms with Gasteiger partial charge in [-0.05, 0) is 42.5 Å². The minimum absolute atomic E-state index is 0.265. The number of Topliss-reactive ketones (excluding diaryl/α,β-unsaturated/α-hetero) is 1. The van der Waals surface area contributed by atoms with E-state index in [-0.39, 0.29) is 11.1 Å². The van der Waals surface area contributed by atoms with Gasteiger partial charge in [0.25, 0.3) is 0 Å². The molecule has 1 aliphatic rings. The number of halogens is 1. The van der Waals surface area contributed by atoms with Crippen LogP contribution in [-0.2, 0) is 4.74 Å². The molecular weight excluding hydrogens is 303 g/mol. The van der Waals surface area contributed by atoms with Gasteiger partial charge in [0, 0.05) is 5.56 Å². The Bertz CT molecular complexity index is 739. The zero-order chi connectivity index (χ0) is 16.2. The summed E-state index contributed by atoms with van der Waals surface area (Å²) in [6.07, 6.45) is 0. The number of carbonyl (C=O) groups is 2. The van der Waals surface area contributed by atoms with Gasteiger partial charge in [-0.25, -0.2) is 9.18 Å². The molecule has 5 nitrogen and oxygen atoms in total. The largest absolute Gasteiger partial charge is 0.486 e. The molecule has 1 aliphatic heterocycles. The highest BCUT2D eigenvalue weighted by Crippen LogP contribution is 2.30. The number of ketones is 1. The summed E-state index contributed by atoms with van der Waals surface area (Å²) in [5.74, 6) is -0.450. The quantitative estimate of drug-likeness (QED) is 0.641. The number of rotatable bonds is 4. The van der Waals surface area contributed by atoms with E-state index < -0.39 is 24.2 Å². The van der Waals surface area contributed by atoms with Gasteiger partial charge in [-0.3, -0.25) is 4.79 Å². The van der Waals surface area contributed by atoms with Crippen LogP contribution in [0.4, 0.5) is 4.39 Å². The van der Waals surface area contributed by atoms with Crippen LogP contribution in [-0.4, -0.2) is 31.6 Å². The second-order valence-corrected chi connectivity index (χ2v) is 4.86. The molecule has 0 atom stereocenters. The Morgan fingerprint density at radius 2 is 1.61 bits per heavy atom. The fourth-order valence-corrected chi connectivity index (χ4v) is 2.10. The normalized spacial score (nSPS) is 12.6. The average molecular weight is 316 g/mol. The third-order valence-electron chi connectivity index (χ3n) is 3.28. The zero-order valence-electron chi connectivity index (χ0n) is 12.1.